The third-order valence-electron chi connectivity index (χ3n) is 11.7. The van der Waals surface area contributed by atoms with Crippen LogP contribution in [0, 0.1) is 33.5 Å². The molecule has 7 atom stereocenters. The lowest BCUT2D eigenvalue weighted by Crippen LogP contribution is -2.61. The maximum Gasteiger partial charge on any atom is 0.317 e. The Labute approximate surface area is 206 Å². The largest absolute Gasteiger partial charge is 0.456 e. The van der Waals surface area contributed by atoms with E-state index >= 15 is 0 Å². The smallest absolute Gasteiger partial charge is 0.317 e. The number of aliphatic hydroxyl groups excluding tert-OH is 1. The third-order valence-corrected chi connectivity index (χ3v) is 11.7. The van der Waals surface area contributed by atoms with Gasteiger partial charge in [0.2, 0.25) is 0 Å². The van der Waals surface area contributed by atoms with Gasteiger partial charge >= 0.3 is 5.97 Å². The van der Waals surface area contributed by atoms with Gasteiger partial charge in [-0.15, -0.1) is 0 Å². The van der Waals surface area contributed by atoms with Gasteiger partial charge in [-0.1, -0.05) is 60.1 Å². The maximum absolute atomic E-state index is 13.8. The lowest BCUT2D eigenvalue weighted by Gasteiger charge is -2.60. The molecular weight excluding hydrogens is 424 g/mol. The highest BCUT2D eigenvalue weighted by Gasteiger charge is 2.82. The fourth-order valence-corrected chi connectivity index (χ4v) is 9.44. The van der Waals surface area contributed by atoms with E-state index in [2.05, 4.69) is 53.7 Å². The normalized spacial score (nSPS) is 48.9. The average Bonchev–Trinajstić information content (AvgIpc) is 3.09. The van der Waals surface area contributed by atoms with Crippen molar-refractivity contribution >= 4 is 5.97 Å². The topological polar surface area (TPSA) is 66.8 Å². The Kier molecular flexibility index (Phi) is 5.21. The third kappa shape index (κ3) is 2.65. The van der Waals surface area contributed by atoms with Crippen molar-refractivity contribution < 1.29 is 19.7 Å². The summed E-state index contributed by atoms with van der Waals surface area (Å²) in [6.07, 6.45) is 11.8. The molecule has 190 valence electrons. The zero-order chi connectivity index (χ0) is 24.9. The summed E-state index contributed by atoms with van der Waals surface area (Å²) in [5, 5.41) is 23.2. The van der Waals surface area contributed by atoms with Crippen LogP contribution in [-0.2, 0) is 9.53 Å². The van der Waals surface area contributed by atoms with Crippen molar-refractivity contribution in [3.8, 4) is 0 Å². The summed E-state index contributed by atoms with van der Waals surface area (Å²) in [4.78, 5) is 13.8. The predicted octanol–water partition coefficient (Wildman–Crippen LogP) is 6.11. The van der Waals surface area contributed by atoms with Gasteiger partial charge in [0.15, 0.2) is 0 Å². The molecule has 2 saturated carbocycles. The molecule has 0 radical (unpaired) electrons. The SMILES string of the molecule is CC(C)CCC[C@]1(C)OC(=O)[C@]23CC=C4C(=CC[C@H]5C(C)(C)[C@@H](O)CC[C@]45C)[C@@]2(C)CC[C@@]31O. The highest BCUT2D eigenvalue weighted by atomic mass is 16.6. The molecular formula is C30H46O4. The predicted molar refractivity (Wildman–Crippen MR) is 134 cm³/mol. The van der Waals surface area contributed by atoms with Gasteiger partial charge in [-0.2, -0.15) is 0 Å². The Morgan fingerprint density at radius 3 is 2.44 bits per heavy atom. The van der Waals surface area contributed by atoms with Crippen molar-refractivity contribution in [1.29, 1.82) is 0 Å². The molecule has 0 aromatic heterocycles. The molecule has 4 heteroatoms. The van der Waals surface area contributed by atoms with E-state index in [0.29, 0.717) is 31.1 Å². The lowest BCUT2D eigenvalue weighted by atomic mass is 9.43. The van der Waals surface area contributed by atoms with Crippen LogP contribution in [-0.4, -0.2) is 33.5 Å². The van der Waals surface area contributed by atoms with Crippen molar-refractivity contribution in [2.45, 2.75) is 124 Å². The number of cyclic esters (lactones) is 1. The fraction of sp³-hybridized carbons (Fsp3) is 0.833. The second-order valence-corrected chi connectivity index (χ2v) is 14.0. The number of hydrogen-bond donors (Lipinski definition) is 2. The average molecular weight is 471 g/mol. The zero-order valence-corrected chi connectivity index (χ0v) is 22.5. The molecule has 5 rings (SSSR count). The number of hydrogen-bond acceptors (Lipinski definition) is 4. The van der Waals surface area contributed by atoms with Crippen molar-refractivity contribution in [1.82, 2.24) is 0 Å². The van der Waals surface area contributed by atoms with E-state index in [0.717, 1.165) is 38.5 Å². The van der Waals surface area contributed by atoms with Crippen LogP contribution < -0.4 is 0 Å². The van der Waals surface area contributed by atoms with Gasteiger partial charge in [0.1, 0.15) is 16.6 Å². The first-order valence-corrected chi connectivity index (χ1v) is 13.8. The van der Waals surface area contributed by atoms with E-state index in [1.807, 2.05) is 6.92 Å². The summed E-state index contributed by atoms with van der Waals surface area (Å²) in [5.74, 6) is 0.774. The molecule has 5 aliphatic rings. The van der Waals surface area contributed by atoms with Gasteiger partial charge in [0, 0.05) is 5.41 Å². The highest BCUT2D eigenvalue weighted by Crippen LogP contribution is 2.76. The first-order chi connectivity index (χ1) is 15.7. The molecule has 4 nitrogen and oxygen atoms in total. The summed E-state index contributed by atoms with van der Waals surface area (Å²) < 4.78 is 6.21. The Balaban J connectivity index is 1.57. The van der Waals surface area contributed by atoms with Gasteiger partial charge in [0.25, 0.3) is 0 Å². The van der Waals surface area contributed by atoms with Crippen LogP contribution >= 0.6 is 0 Å². The lowest BCUT2D eigenvalue weighted by molar-refractivity contribution is -0.158. The Morgan fingerprint density at radius 1 is 1.06 bits per heavy atom. The molecule has 1 spiro atoms. The van der Waals surface area contributed by atoms with Crippen LogP contribution in [0.5, 0.6) is 0 Å². The number of carbonyl (C=O) groups is 1. The van der Waals surface area contributed by atoms with E-state index in [4.69, 9.17) is 4.74 Å². The molecule has 0 amide bonds. The highest BCUT2D eigenvalue weighted by molar-refractivity contribution is 5.86. The Hall–Kier alpha value is -1.13. The first kappa shape index (κ1) is 24.6. The number of fused-ring (bicyclic) bond motifs is 4. The van der Waals surface area contributed by atoms with E-state index in [-0.39, 0.29) is 22.9 Å². The van der Waals surface area contributed by atoms with Gasteiger partial charge in [-0.05, 0) is 92.1 Å². The van der Waals surface area contributed by atoms with Gasteiger partial charge in [0.05, 0.1) is 6.10 Å². The van der Waals surface area contributed by atoms with Crippen molar-refractivity contribution in [3.63, 3.8) is 0 Å². The molecule has 0 aromatic rings. The summed E-state index contributed by atoms with van der Waals surface area (Å²) >= 11 is 0. The number of ether oxygens (including phenoxy) is 1. The molecule has 1 aliphatic heterocycles. The number of esters is 1. The van der Waals surface area contributed by atoms with Crippen LogP contribution in [0.1, 0.15) is 106 Å². The minimum atomic E-state index is -1.15. The monoisotopic (exact) mass is 470 g/mol. The van der Waals surface area contributed by atoms with Crippen LogP contribution in [0.3, 0.4) is 0 Å². The maximum atomic E-state index is 13.8. The fourth-order valence-electron chi connectivity index (χ4n) is 9.44. The van der Waals surface area contributed by atoms with E-state index in [9.17, 15) is 15.0 Å². The molecule has 1 heterocycles. The molecule has 3 fully saturated rings. The summed E-state index contributed by atoms with van der Waals surface area (Å²) in [7, 11) is 0. The second kappa shape index (κ2) is 7.22. The number of carbonyl (C=O) groups excluding carboxylic acids is 1. The Morgan fingerprint density at radius 2 is 1.76 bits per heavy atom. The van der Waals surface area contributed by atoms with E-state index in [1.165, 1.54) is 11.1 Å². The number of rotatable bonds is 4. The molecule has 0 aromatic carbocycles. The first-order valence-electron chi connectivity index (χ1n) is 13.8. The van der Waals surface area contributed by atoms with Gasteiger partial charge in [-0.3, -0.25) is 4.79 Å². The molecule has 4 aliphatic carbocycles. The van der Waals surface area contributed by atoms with Gasteiger partial charge < -0.3 is 14.9 Å². The van der Waals surface area contributed by atoms with Crippen LogP contribution in [0.25, 0.3) is 0 Å². The molecule has 2 N–H and O–H groups in total. The molecule has 34 heavy (non-hydrogen) atoms. The van der Waals surface area contributed by atoms with Gasteiger partial charge in [-0.25, -0.2) is 0 Å². The number of allylic oxidation sites excluding steroid dienone is 4. The zero-order valence-electron chi connectivity index (χ0n) is 22.5. The van der Waals surface area contributed by atoms with Crippen molar-refractivity contribution in [3.05, 3.63) is 23.3 Å². The second-order valence-electron chi connectivity index (χ2n) is 14.0. The van der Waals surface area contributed by atoms with Crippen molar-refractivity contribution in [2.24, 2.45) is 33.5 Å². The van der Waals surface area contributed by atoms with Crippen LogP contribution in [0.15, 0.2) is 23.3 Å². The minimum absolute atomic E-state index is 0.0127. The molecule has 1 saturated heterocycles. The van der Waals surface area contributed by atoms with Crippen LogP contribution in [0.4, 0.5) is 0 Å². The molecule has 0 bridgehead atoms. The standard InChI is InChI=1S/C30H46O4/c1-19(2)9-8-14-28(7)30(33)18-17-27(6)21-10-11-22-25(3,4)23(31)13-15-26(22,5)20(21)12-16-29(27,30)24(32)34-28/h10,12,19,22-23,31,33H,8-9,11,13-18H2,1-7H3/t22-,23-,26+,27+,28-,29+,30-/m0/s1. The molecule has 0 unspecified atom stereocenters. The minimum Gasteiger partial charge on any atom is -0.456 e. The quantitative estimate of drug-likeness (QED) is 0.487. The summed E-state index contributed by atoms with van der Waals surface area (Å²) in [5.41, 5.74) is -0.815. The summed E-state index contributed by atoms with van der Waals surface area (Å²) in [6, 6.07) is 0. The summed E-state index contributed by atoms with van der Waals surface area (Å²) in [6.45, 7) is 15.5. The van der Waals surface area contributed by atoms with E-state index in [1.54, 1.807) is 0 Å². The van der Waals surface area contributed by atoms with E-state index < -0.39 is 22.0 Å². The van der Waals surface area contributed by atoms with Crippen LogP contribution in [0.2, 0.25) is 0 Å². The number of aliphatic hydroxyl groups is 2. The van der Waals surface area contributed by atoms with Crippen molar-refractivity contribution in [2.75, 3.05) is 0 Å². The Bertz CT molecular complexity index is 961.